The van der Waals surface area contributed by atoms with Crippen LogP contribution in [-0.4, -0.2) is 21.3 Å². The highest BCUT2D eigenvalue weighted by molar-refractivity contribution is 7.86. The fourth-order valence-electron chi connectivity index (χ4n) is 0.589. The van der Waals surface area contributed by atoms with Crippen molar-refractivity contribution in [2.75, 3.05) is 12.9 Å². The molecule has 0 rings (SSSR count). The van der Waals surface area contributed by atoms with Crippen molar-refractivity contribution in [1.29, 1.82) is 0 Å². The minimum atomic E-state index is -3.28. The SMILES string of the molecule is COS(=O)(=O)CC(C)(C)C. The lowest BCUT2D eigenvalue weighted by Crippen LogP contribution is -2.21. The lowest BCUT2D eigenvalue weighted by atomic mass is 10.0. The van der Waals surface area contributed by atoms with Crippen LogP contribution < -0.4 is 0 Å². The third kappa shape index (κ3) is 4.76. The zero-order valence-corrected chi connectivity index (χ0v) is 7.66. The third-order valence-electron chi connectivity index (χ3n) is 0.864. The number of hydrogen-bond donors (Lipinski definition) is 0. The summed E-state index contributed by atoms with van der Waals surface area (Å²) in [6.45, 7) is 5.55. The number of rotatable bonds is 2. The van der Waals surface area contributed by atoms with Crippen LogP contribution in [-0.2, 0) is 14.3 Å². The van der Waals surface area contributed by atoms with Gasteiger partial charge in [-0.25, -0.2) is 0 Å². The molecule has 0 aliphatic heterocycles. The van der Waals surface area contributed by atoms with Crippen LogP contribution in [0.25, 0.3) is 0 Å². The van der Waals surface area contributed by atoms with Gasteiger partial charge in [-0.3, -0.25) is 4.18 Å². The first kappa shape index (κ1) is 9.91. The van der Waals surface area contributed by atoms with Gasteiger partial charge in [0.1, 0.15) is 0 Å². The Morgan fingerprint density at radius 3 is 1.80 bits per heavy atom. The molecule has 0 aromatic carbocycles. The molecule has 0 aromatic rings. The van der Waals surface area contributed by atoms with Gasteiger partial charge in [-0.2, -0.15) is 8.42 Å². The van der Waals surface area contributed by atoms with Crippen molar-refractivity contribution in [3.05, 3.63) is 0 Å². The Hall–Kier alpha value is -0.0900. The molecule has 0 saturated carbocycles. The summed E-state index contributed by atoms with van der Waals surface area (Å²) in [4.78, 5) is 0. The van der Waals surface area contributed by atoms with Crippen LogP contribution >= 0.6 is 0 Å². The van der Waals surface area contributed by atoms with E-state index in [0.29, 0.717) is 0 Å². The molecule has 0 unspecified atom stereocenters. The molecule has 0 aliphatic carbocycles. The zero-order chi connectivity index (χ0) is 8.41. The Morgan fingerprint density at radius 2 is 1.70 bits per heavy atom. The van der Waals surface area contributed by atoms with E-state index in [4.69, 9.17) is 0 Å². The second-order valence-corrected chi connectivity index (χ2v) is 5.17. The van der Waals surface area contributed by atoms with Gasteiger partial charge in [0.15, 0.2) is 0 Å². The summed E-state index contributed by atoms with van der Waals surface area (Å²) in [5, 5.41) is 0. The molecule has 62 valence electrons. The first-order valence-electron chi connectivity index (χ1n) is 3.05. The predicted molar refractivity (Wildman–Crippen MR) is 40.3 cm³/mol. The van der Waals surface area contributed by atoms with E-state index in [-0.39, 0.29) is 11.2 Å². The maximum absolute atomic E-state index is 10.8. The Morgan fingerprint density at radius 1 is 1.30 bits per heavy atom. The van der Waals surface area contributed by atoms with Crippen molar-refractivity contribution >= 4 is 10.1 Å². The van der Waals surface area contributed by atoms with Crippen LogP contribution in [0, 0.1) is 5.41 Å². The standard InChI is InChI=1S/C6H14O3S/c1-6(2,3)5-10(7,8)9-4/h5H2,1-4H3. The maximum Gasteiger partial charge on any atom is 0.267 e. The van der Waals surface area contributed by atoms with Gasteiger partial charge in [-0.15, -0.1) is 0 Å². The second-order valence-electron chi connectivity index (χ2n) is 3.43. The van der Waals surface area contributed by atoms with Gasteiger partial charge < -0.3 is 0 Å². The molecule has 0 spiro atoms. The molecule has 0 amide bonds. The highest BCUT2D eigenvalue weighted by Crippen LogP contribution is 2.16. The highest BCUT2D eigenvalue weighted by Gasteiger charge is 2.20. The first-order chi connectivity index (χ1) is 4.27. The molecule has 0 atom stereocenters. The van der Waals surface area contributed by atoms with E-state index < -0.39 is 10.1 Å². The molecular weight excluding hydrogens is 152 g/mol. The van der Waals surface area contributed by atoms with E-state index >= 15 is 0 Å². The van der Waals surface area contributed by atoms with E-state index in [1.807, 2.05) is 20.8 Å². The summed E-state index contributed by atoms with van der Waals surface area (Å²) in [5.74, 6) is 0.0660. The lowest BCUT2D eigenvalue weighted by Gasteiger charge is -2.16. The van der Waals surface area contributed by atoms with Gasteiger partial charge in [0.05, 0.1) is 12.9 Å². The van der Waals surface area contributed by atoms with Crippen molar-refractivity contribution in [2.45, 2.75) is 20.8 Å². The van der Waals surface area contributed by atoms with Gasteiger partial charge in [0, 0.05) is 0 Å². The summed E-state index contributed by atoms with van der Waals surface area (Å²) >= 11 is 0. The molecule has 0 aromatic heterocycles. The predicted octanol–water partition coefficient (Wildman–Crippen LogP) is 1.01. The molecule has 0 saturated heterocycles. The largest absolute Gasteiger partial charge is 0.273 e. The molecule has 4 heteroatoms. The Kier molecular flexibility index (Phi) is 2.86. The molecule has 3 nitrogen and oxygen atoms in total. The molecule has 0 aliphatic rings. The Balaban J connectivity index is 4.18. The van der Waals surface area contributed by atoms with Crippen molar-refractivity contribution < 1.29 is 12.6 Å². The van der Waals surface area contributed by atoms with E-state index in [2.05, 4.69) is 4.18 Å². The van der Waals surface area contributed by atoms with Crippen molar-refractivity contribution in [3.8, 4) is 0 Å². The highest BCUT2D eigenvalue weighted by atomic mass is 32.2. The maximum atomic E-state index is 10.8. The van der Waals surface area contributed by atoms with Gasteiger partial charge in [0.25, 0.3) is 10.1 Å². The van der Waals surface area contributed by atoms with Gasteiger partial charge in [-0.05, 0) is 5.41 Å². The summed E-state index contributed by atoms with van der Waals surface area (Å²) in [7, 11) is -2.10. The van der Waals surface area contributed by atoms with Crippen LogP contribution in [0.4, 0.5) is 0 Å². The number of hydrogen-bond acceptors (Lipinski definition) is 3. The summed E-state index contributed by atoms with van der Waals surface area (Å²) < 4.78 is 25.9. The van der Waals surface area contributed by atoms with E-state index in [1.165, 1.54) is 7.11 Å². The average Bonchev–Trinajstić information content (AvgIpc) is 1.60. The zero-order valence-electron chi connectivity index (χ0n) is 6.84. The molecule has 0 N–H and O–H groups in total. The fourth-order valence-corrected chi connectivity index (χ4v) is 1.77. The smallest absolute Gasteiger partial charge is 0.267 e. The molecule has 0 heterocycles. The van der Waals surface area contributed by atoms with Crippen molar-refractivity contribution in [1.82, 2.24) is 0 Å². The van der Waals surface area contributed by atoms with Crippen molar-refractivity contribution in [3.63, 3.8) is 0 Å². The van der Waals surface area contributed by atoms with E-state index in [0.717, 1.165) is 0 Å². The first-order valence-corrected chi connectivity index (χ1v) is 4.63. The van der Waals surface area contributed by atoms with E-state index in [1.54, 1.807) is 0 Å². The quantitative estimate of drug-likeness (QED) is 0.575. The average molecular weight is 166 g/mol. The van der Waals surface area contributed by atoms with Gasteiger partial charge >= 0.3 is 0 Å². The monoisotopic (exact) mass is 166 g/mol. The summed E-state index contributed by atoms with van der Waals surface area (Å²) in [5.41, 5.74) is -0.227. The Labute approximate surface area is 62.5 Å². The van der Waals surface area contributed by atoms with Gasteiger partial charge in [-0.1, -0.05) is 20.8 Å². The summed E-state index contributed by atoms with van der Waals surface area (Å²) in [6.07, 6.45) is 0. The van der Waals surface area contributed by atoms with Crippen LogP contribution in [0.1, 0.15) is 20.8 Å². The minimum Gasteiger partial charge on any atom is -0.273 e. The summed E-state index contributed by atoms with van der Waals surface area (Å²) in [6, 6.07) is 0. The van der Waals surface area contributed by atoms with Crippen LogP contribution in [0.15, 0.2) is 0 Å². The van der Waals surface area contributed by atoms with Gasteiger partial charge in [0.2, 0.25) is 0 Å². The van der Waals surface area contributed by atoms with Crippen LogP contribution in [0.3, 0.4) is 0 Å². The molecule has 0 radical (unpaired) electrons. The third-order valence-corrected chi connectivity index (χ3v) is 2.59. The van der Waals surface area contributed by atoms with Crippen molar-refractivity contribution in [2.24, 2.45) is 5.41 Å². The van der Waals surface area contributed by atoms with Crippen LogP contribution in [0.5, 0.6) is 0 Å². The normalized spacial score (nSPS) is 13.6. The second kappa shape index (κ2) is 2.88. The molecule has 0 bridgehead atoms. The topological polar surface area (TPSA) is 43.4 Å². The Bertz CT molecular complexity index is 186. The van der Waals surface area contributed by atoms with E-state index in [9.17, 15) is 8.42 Å². The van der Waals surface area contributed by atoms with Crippen LogP contribution in [0.2, 0.25) is 0 Å². The lowest BCUT2D eigenvalue weighted by molar-refractivity contribution is 0.372. The molecular formula is C6H14O3S. The minimum absolute atomic E-state index is 0.0660. The molecule has 0 fully saturated rings. The molecule has 10 heavy (non-hydrogen) atoms. The fraction of sp³-hybridized carbons (Fsp3) is 1.00.